The van der Waals surface area contributed by atoms with Crippen LogP contribution >= 0.6 is 0 Å². The highest BCUT2D eigenvalue weighted by Crippen LogP contribution is 2.35. The van der Waals surface area contributed by atoms with E-state index in [9.17, 15) is 0 Å². The van der Waals surface area contributed by atoms with Crippen LogP contribution in [0.4, 0.5) is 17.1 Å². The van der Waals surface area contributed by atoms with Crippen LogP contribution in [0.25, 0.3) is 11.2 Å². The van der Waals surface area contributed by atoms with Gasteiger partial charge in [-0.2, -0.15) is 0 Å². The molecule has 6 heterocycles. The summed E-state index contributed by atoms with van der Waals surface area (Å²) in [4.78, 5) is 20.1. The fourth-order valence-electron chi connectivity index (χ4n) is 8.14. The summed E-state index contributed by atoms with van der Waals surface area (Å²) in [6, 6.07) is 12.8. The maximum Gasteiger partial charge on any atom is 0.177 e. The van der Waals surface area contributed by atoms with Crippen molar-refractivity contribution in [1.29, 1.82) is 0 Å². The van der Waals surface area contributed by atoms with E-state index in [4.69, 9.17) is 10.5 Å². The van der Waals surface area contributed by atoms with Crippen LogP contribution in [-0.2, 0) is 6.42 Å². The van der Waals surface area contributed by atoms with Gasteiger partial charge in [0.05, 0.1) is 40.8 Å². The van der Waals surface area contributed by atoms with Gasteiger partial charge in [-0.1, -0.05) is 99.6 Å². The van der Waals surface area contributed by atoms with Gasteiger partial charge in [0.15, 0.2) is 5.65 Å². The fourth-order valence-corrected chi connectivity index (χ4v) is 8.14. The molecule has 2 aromatic carbocycles. The minimum atomic E-state index is 0.506. The third-order valence-electron chi connectivity index (χ3n) is 11.8. The zero-order chi connectivity index (χ0) is 45.7. The van der Waals surface area contributed by atoms with Gasteiger partial charge in [-0.15, -0.1) is 0 Å². The van der Waals surface area contributed by atoms with Crippen molar-refractivity contribution in [3.63, 3.8) is 0 Å². The second kappa shape index (κ2) is 23.1. The molecule has 0 bridgehead atoms. The van der Waals surface area contributed by atoms with Gasteiger partial charge in [-0.3, -0.25) is 9.97 Å². The number of aromatic amines is 1. The fraction of sp³-hybridized carbons (Fsp3) is 0.472. The molecule has 0 spiro atoms. The number of benzene rings is 2. The van der Waals surface area contributed by atoms with E-state index < -0.39 is 0 Å². The van der Waals surface area contributed by atoms with Crippen LogP contribution < -0.4 is 21.1 Å². The predicted molar refractivity (Wildman–Crippen MR) is 265 cm³/mol. The summed E-state index contributed by atoms with van der Waals surface area (Å²) < 4.78 is 5.58. The molecular formula is C53H76N8O. The smallest absolute Gasteiger partial charge is 0.177 e. The molecule has 0 aliphatic carbocycles. The topological polar surface area (TPSA) is 127 Å². The van der Waals surface area contributed by atoms with Crippen molar-refractivity contribution in [2.45, 2.75) is 146 Å². The molecule has 2 aliphatic rings. The van der Waals surface area contributed by atoms with Gasteiger partial charge in [0.25, 0.3) is 0 Å². The van der Waals surface area contributed by atoms with E-state index in [0.717, 1.165) is 54.3 Å². The minimum absolute atomic E-state index is 0.506. The van der Waals surface area contributed by atoms with Crippen LogP contribution in [0, 0.1) is 34.6 Å². The Bertz CT molecular complexity index is 2270. The van der Waals surface area contributed by atoms with Gasteiger partial charge in [-0.05, 0) is 139 Å². The Morgan fingerprint density at radius 1 is 0.565 bits per heavy atom. The van der Waals surface area contributed by atoms with E-state index in [1.54, 1.807) is 12.5 Å². The lowest BCUT2D eigenvalue weighted by Crippen LogP contribution is -2.19. The van der Waals surface area contributed by atoms with Crippen molar-refractivity contribution in [2.75, 3.05) is 36.1 Å². The Balaban J connectivity index is 0.000000171. The van der Waals surface area contributed by atoms with Crippen molar-refractivity contribution in [3.8, 4) is 5.75 Å². The zero-order valence-electron chi connectivity index (χ0n) is 40.5. The number of ether oxygens (including phenoxy) is 1. The van der Waals surface area contributed by atoms with Crippen molar-refractivity contribution in [3.05, 3.63) is 129 Å². The highest BCUT2D eigenvalue weighted by Gasteiger charge is 2.17. The summed E-state index contributed by atoms with van der Waals surface area (Å²) in [7, 11) is 0. The third-order valence-corrected chi connectivity index (χ3v) is 11.8. The summed E-state index contributed by atoms with van der Waals surface area (Å²) in [6.45, 7) is 35.4. The molecule has 9 heteroatoms. The number of aryl methyl sites for hydroxylation is 3. The van der Waals surface area contributed by atoms with Crippen LogP contribution in [0.1, 0.15) is 167 Å². The molecule has 6 aromatic rings. The standard InChI is InChI=1S/C12H18N2.C12H17NO.C10H13N3.C10H14.C9H14N2/c1-8(2)10-7-14-11-5-4-6-13-12(11)9(10)3;1-8(2)10-4-5-11-12(9(10)3)13-6-7-14-11;1-6(2)8-4-11-10-9(7(8)3)12-5-13-10;1-8(2)10-7-5-4-6-9(10)3;1-6(2)8-4-11-5-9(10)7(8)3/h7-8,13H,4-6H2,1-3H3;4-5,8,13H,6-7H2,1-3H3;4-6H,1-3H3,(H,11,12,13);4-8H,1-3H3;4-6H,10H2,1-3H3. The van der Waals surface area contributed by atoms with Crippen molar-refractivity contribution >= 4 is 28.2 Å². The molecule has 4 aromatic heterocycles. The van der Waals surface area contributed by atoms with Crippen molar-refractivity contribution < 1.29 is 4.74 Å². The van der Waals surface area contributed by atoms with E-state index >= 15 is 0 Å². The maximum absolute atomic E-state index is 5.70. The Kier molecular flexibility index (Phi) is 18.4. The number of nitrogens with one attached hydrogen (secondary N) is 3. The molecule has 0 amide bonds. The molecule has 0 saturated heterocycles. The number of aromatic nitrogens is 5. The van der Waals surface area contributed by atoms with Gasteiger partial charge >= 0.3 is 0 Å². The number of pyridine rings is 3. The van der Waals surface area contributed by atoms with Crippen LogP contribution in [-0.4, -0.2) is 44.6 Å². The highest BCUT2D eigenvalue weighted by molar-refractivity contribution is 5.75. The first kappa shape index (κ1) is 49.2. The SMILES string of the molecule is Cc1c(C(C)C)ccc2c1NCCO2.Cc1c(C(C)C)cnc2c1NCCC2.Cc1c(C(C)C)cnc2nc[nH]c12.Cc1c(N)cncc1C(C)C.Cc1ccccc1C(C)C. The number of imidazole rings is 1. The van der Waals surface area contributed by atoms with Crippen LogP contribution in [0.15, 0.2) is 67.5 Å². The van der Waals surface area contributed by atoms with E-state index in [1.807, 2.05) is 25.5 Å². The van der Waals surface area contributed by atoms with Crippen LogP contribution in [0.3, 0.4) is 0 Å². The molecule has 0 unspecified atom stereocenters. The summed E-state index contributed by atoms with van der Waals surface area (Å²) in [5.41, 5.74) is 25.4. The number of anilines is 3. The van der Waals surface area contributed by atoms with E-state index in [2.05, 4.69) is 169 Å². The average Bonchev–Trinajstić information content (AvgIpc) is 3.73. The highest BCUT2D eigenvalue weighted by atomic mass is 16.5. The Morgan fingerprint density at radius 3 is 1.76 bits per heavy atom. The summed E-state index contributed by atoms with van der Waals surface area (Å²) in [5, 5.41) is 6.86. The number of hydrogen-bond acceptors (Lipinski definition) is 8. The first-order valence-corrected chi connectivity index (χ1v) is 22.7. The molecule has 62 heavy (non-hydrogen) atoms. The lowest BCUT2D eigenvalue weighted by Gasteiger charge is -2.23. The van der Waals surface area contributed by atoms with Gasteiger partial charge in [0, 0.05) is 31.7 Å². The number of hydrogen-bond donors (Lipinski definition) is 4. The molecule has 9 nitrogen and oxygen atoms in total. The predicted octanol–water partition coefficient (Wildman–Crippen LogP) is 13.4. The number of rotatable bonds is 5. The summed E-state index contributed by atoms with van der Waals surface area (Å²) in [6.07, 6.45) is 11.6. The van der Waals surface area contributed by atoms with E-state index in [1.165, 1.54) is 73.6 Å². The Labute approximate surface area is 373 Å². The molecule has 0 atom stereocenters. The molecule has 0 fully saturated rings. The number of H-pyrrole nitrogens is 1. The van der Waals surface area contributed by atoms with E-state index in [-0.39, 0.29) is 0 Å². The summed E-state index contributed by atoms with van der Waals surface area (Å²) in [5.74, 6) is 3.81. The van der Waals surface area contributed by atoms with Crippen LogP contribution in [0.2, 0.25) is 0 Å². The summed E-state index contributed by atoms with van der Waals surface area (Å²) >= 11 is 0. The van der Waals surface area contributed by atoms with Gasteiger partial charge in [0.2, 0.25) is 0 Å². The molecule has 0 saturated carbocycles. The molecule has 5 N–H and O–H groups in total. The minimum Gasteiger partial charge on any atom is -0.490 e. The first-order valence-electron chi connectivity index (χ1n) is 22.7. The Morgan fingerprint density at radius 2 is 1.15 bits per heavy atom. The third kappa shape index (κ3) is 12.8. The van der Waals surface area contributed by atoms with Crippen LogP contribution in [0.5, 0.6) is 5.75 Å². The van der Waals surface area contributed by atoms with Gasteiger partial charge < -0.3 is 26.1 Å². The first-order chi connectivity index (χ1) is 29.4. The number of nitrogens with zero attached hydrogens (tertiary/aromatic N) is 4. The second-order valence-electron chi connectivity index (χ2n) is 18.1. The lowest BCUT2D eigenvalue weighted by atomic mass is 9.96. The van der Waals surface area contributed by atoms with Gasteiger partial charge in [-0.25, -0.2) is 9.97 Å². The second-order valence-corrected chi connectivity index (χ2v) is 18.1. The van der Waals surface area contributed by atoms with E-state index in [0.29, 0.717) is 29.6 Å². The molecule has 2 aliphatic heterocycles. The Hall–Kier alpha value is -5.44. The van der Waals surface area contributed by atoms with Crippen molar-refractivity contribution in [2.24, 2.45) is 0 Å². The van der Waals surface area contributed by atoms with Gasteiger partial charge in [0.1, 0.15) is 12.4 Å². The normalized spacial score (nSPS) is 12.6. The molecule has 334 valence electrons. The average molecular weight is 841 g/mol. The zero-order valence-corrected chi connectivity index (χ0v) is 40.5. The molecule has 0 radical (unpaired) electrons. The molecular weight excluding hydrogens is 765 g/mol. The van der Waals surface area contributed by atoms with Crippen molar-refractivity contribution in [1.82, 2.24) is 24.9 Å². The monoisotopic (exact) mass is 841 g/mol. The molecule has 8 rings (SSSR count). The quantitative estimate of drug-likeness (QED) is 0.135. The maximum atomic E-state index is 5.70. The number of nitrogens with two attached hydrogens (primary N) is 1. The number of fused-ring (bicyclic) bond motifs is 3. The lowest BCUT2D eigenvalue weighted by molar-refractivity contribution is 0.323. The number of nitrogen functional groups attached to an aromatic ring is 1. The largest absolute Gasteiger partial charge is 0.490 e.